The van der Waals surface area contributed by atoms with E-state index in [1.807, 2.05) is 0 Å². The van der Waals surface area contributed by atoms with Gasteiger partial charge in [-0.05, 0) is 31.5 Å². The molecule has 0 saturated carbocycles. The van der Waals surface area contributed by atoms with Gasteiger partial charge in [-0.2, -0.15) is 0 Å². The zero-order valence-electron chi connectivity index (χ0n) is 10.6. The van der Waals surface area contributed by atoms with E-state index in [0.717, 1.165) is 5.71 Å². The molecule has 100 valence electrons. The van der Waals surface area contributed by atoms with Crippen molar-refractivity contribution >= 4 is 17.9 Å². The second-order valence-corrected chi connectivity index (χ2v) is 4.49. The van der Waals surface area contributed by atoms with Gasteiger partial charge < -0.3 is 9.68 Å². The van der Waals surface area contributed by atoms with Gasteiger partial charge in [0.05, 0.1) is 11.9 Å². The third-order valence-corrected chi connectivity index (χ3v) is 2.64. The highest BCUT2D eigenvalue weighted by molar-refractivity contribution is 5.92. The normalized spacial score (nSPS) is 22.2. The van der Waals surface area contributed by atoms with Crippen molar-refractivity contribution in [3.63, 3.8) is 0 Å². The molecule has 0 bridgehead atoms. The van der Waals surface area contributed by atoms with E-state index in [4.69, 9.17) is 9.68 Å². The van der Waals surface area contributed by atoms with Crippen molar-refractivity contribution in [2.45, 2.75) is 25.9 Å². The molecule has 0 saturated heterocycles. The average Bonchev–Trinajstić information content (AvgIpc) is 2.73. The van der Waals surface area contributed by atoms with Crippen molar-refractivity contribution < 1.29 is 18.9 Å². The maximum Gasteiger partial charge on any atom is 0.381 e. The van der Waals surface area contributed by atoms with Crippen LogP contribution >= 0.6 is 0 Å². The molecular weight excluding hydrogens is 251 g/mol. The standard InChI is InChI=1S/C13H13FN2O3/c1-9-7-13(2,19-16-9)12(17)18-15-8-10-3-5-11(14)6-4-10/h3-6,8H,7H2,1-2H3/b15-8+. The maximum absolute atomic E-state index is 12.7. The van der Waals surface area contributed by atoms with Crippen LogP contribution in [0.2, 0.25) is 0 Å². The van der Waals surface area contributed by atoms with E-state index in [0.29, 0.717) is 12.0 Å². The Bertz CT molecular complexity index is 539. The summed E-state index contributed by atoms with van der Waals surface area (Å²) in [6, 6.07) is 5.63. The third-order valence-electron chi connectivity index (χ3n) is 2.64. The second-order valence-electron chi connectivity index (χ2n) is 4.49. The fraction of sp³-hybridized carbons (Fsp3) is 0.308. The summed E-state index contributed by atoms with van der Waals surface area (Å²) >= 11 is 0. The Hall–Kier alpha value is -2.24. The van der Waals surface area contributed by atoms with Crippen molar-refractivity contribution in [2.75, 3.05) is 0 Å². The lowest BCUT2D eigenvalue weighted by Gasteiger charge is -2.16. The minimum absolute atomic E-state index is 0.339. The first-order valence-electron chi connectivity index (χ1n) is 5.72. The number of benzene rings is 1. The molecule has 1 aliphatic heterocycles. The van der Waals surface area contributed by atoms with Crippen LogP contribution in [0.15, 0.2) is 34.6 Å². The Morgan fingerprint density at radius 3 is 2.79 bits per heavy atom. The lowest BCUT2D eigenvalue weighted by Crippen LogP contribution is -2.36. The number of halogens is 1. The van der Waals surface area contributed by atoms with Crippen LogP contribution in [0.25, 0.3) is 0 Å². The molecule has 0 radical (unpaired) electrons. The summed E-state index contributed by atoms with van der Waals surface area (Å²) in [5.41, 5.74) is 0.227. The van der Waals surface area contributed by atoms with Crippen LogP contribution in [0.5, 0.6) is 0 Å². The van der Waals surface area contributed by atoms with E-state index in [-0.39, 0.29) is 5.82 Å². The van der Waals surface area contributed by atoms with Crippen molar-refractivity contribution in [1.29, 1.82) is 0 Å². The first-order valence-corrected chi connectivity index (χ1v) is 5.72. The van der Waals surface area contributed by atoms with Crippen molar-refractivity contribution in [3.05, 3.63) is 35.6 Å². The SMILES string of the molecule is CC1=NOC(C)(C(=O)O/N=C/c2ccc(F)cc2)C1. The molecule has 1 atom stereocenters. The fourth-order valence-electron chi connectivity index (χ4n) is 1.62. The Morgan fingerprint density at radius 2 is 2.21 bits per heavy atom. The first kappa shape index (κ1) is 13.2. The topological polar surface area (TPSA) is 60.2 Å². The molecule has 5 nitrogen and oxygen atoms in total. The molecule has 0 spiro atoms. The first-order chi connectivity index (χ1) is 8.99. The van der Waals surface area contributed by atoms with Crippen molar-refractivity contribution in [1.82, 2.24) is 0 Å². The predicted octanol–water partition coefficient (Wildman–Crippen LogP) is 2.26. The highest BCUT2D eigenvalue weighted by Gasteiger charge is 2.42. The average molecular weight is 264 g/mol. The van der Waals surface area contributed by atoms with Gasteiger partial charge in [0, 0.05) is 6.42 Å². The van der Waals surface area contributed by atoms with Gasteiger partial charge in [0.15, 0.2) is 0 Å². The zero-order valence-corrected chi connectivity index (χ0v) is 10.6. The van der Waals surface area contributed by atoms with Crippen molar-refractivity contribution in [2.24, 2.45) is 10.3 Å². The van der Waals surface area contributed by atoms with Gasteiger partial charge in [-0.15, -0.1) is 0 Å². The highest BCUT2D eigenvalue weighted by Crippen LogP contribution is 2.24. The number of oxime groups is 2. The Balaban J connectivity index is 1.92. The monoisotopic (exact) mass is 264 g/mol. The zero-order chi connectivity index (χ0) is 13.9. The summed E-state index contributed by atoms with van der Waals surface area (Å²) in [4.78, 5) is 21.5. The van der Waals surface area contributed by atoms with E-state index in [1.54, 1.807) is 13.8 Å². The Morgan fingerprint density at radius 1 is 1.53 bits per heavy atom. The summed E-state index contributed by atoms with van der Waals surface area (Å²) in [5, 5.41) is 7.27. The molecule has 1 heterocycles. The molecule has 0 aromatic heterocycles. The number of nitrogens with zero attached hydrogens (tertiary/aromatic N) is 2. The van der Waals surface area contributed by atoms with Crippen LogP contribution in [-0.4, -0.2) is 23.5 Å². The molecule has 6 heteroatoms. The number of hydrogen-bond donors (Lipinski definition) is 0. The molecule has 2 rings (SSSR count). The minimum atomic E-state index is -1.12. The lowest BCUT2D eigenvalue weighted by atomic mass is 10.0. The molecule has 0 aliphatic carbocycles. The summed E-state index contributed by atoms with van der Waals surface area (Å²) in [6.07, 6.45) is 1.70. The summed E-state index contributed by atoms with van der Waals surface area (Å²) in [7, 11) is 0. The van der Waals surface area contributed by atoms with Gasteiger partial charge in [-0.3, -0.25) is 0 Å². The van der Waals surface area contributed by atoms with Gasteiger partial charge in [0.2, 0.25) is 5.60 Å². The predicted molar refractivity (Wildman–Crippen MR) is 67.3 cm³/mol. The number of rotatable bonds is 3. The molecule has 0 amide bonds. The van der Waals surface area contributed by atoms with Crippen molar-refractivity contribution in [3.8, 4) is 0 Å². The van der Waals surface area contributed by atoms with Crippen LogP contribution in [0.3, 0.4) is 0 Å². The third kappa shape index (κ3) is 3.15. The quantitative estimate of drug-likeness (QED) is 0.478. The van der Waals surface area contributed by atoms with Crippen LogP contribution in [0.1, 0.15) is 25.8 Å². The van der Waals surface area contributed by atoms with E-state index in [2.05, 4.69) is 10.3 Å². The van der Waals surface area contributed by atoms with Crippen LogP contribution in [0, 0.1) is 5.82 Å². The minimum Gasteiger partial charge on any atom is -0.377 e. The molecular formula is C13H13FN2O3. The van der Waals surface area contributed by atoms with Gasteiger partial charge >= 0.3 is 5.97 Å². The lowest BCUT2D eigenvalue weighted by molar-refractivity contribution is -0.167. The number of carbonyl (C=O) groups excluding carboxylic acids is 1. The van der Waals surface area contributed by atoms with E-state index < -0.39 is 11.6 Å². The largest absolute Gasteiger partial charge is 0.381 e. The molecule has 0 fully saturated rings. The second kappa shape index (κ2) is 5.17. The fourth-order valence-corrected chi connectivity index (χ4v) is 1.62. The van der Waals surface area contributed by atoms with E-state index in [1.165, 1.54) is 30.5 Å². The number of hydrogen-bond acceptors (Lipinski definition) is 5. The van der Waals surface area contributed by atoms with Gasteiger partial charge in [-0.1, -0.05) is 22.4 Å². The molecule has 19 heavy (non-hydrogen) atoms. The molecule has 1 aliphatic rings. The summed E-state index contributed by atoms with van der Waals surface area (Å²) in [6.45, 7) is 3.35. The molecule has 0 N–H and O–H groups in total. The summed E-state index contributed by atoms with van der Waals surface area (Å²) < 4.78 is 12.7. The van der Waals surface area contributed by atoms with Gasteiger partial charge in [0.1, 0.15) is 5.82 Å². The van der Waals surface area contributed by atoms with Gasteiger partial charge in [0.25, 0.3) is 0 Å². The number of carbonyl (C=O) groups is 1. The Kier molecular flexibility index (Phi) is 3.59. The molecule has 1 aromatic carbocycles. The highest BCUT2D eigenvalue weighted by atomic mass is 19.1. The summed E-state index contributed by atoms with van der Waals surface area (Å²) in [5.74, 6) is -0.958. The molecule has 1 aromatic rings. The van der Waals surface area contributed by atoms with Gasteiger partial charge in [-0.25, -0.2) is 9.18 Å². The van der Waals surface area contributed by atoms with Crippen LogP contribution in [0.4, 0.5) is 4.39 Å². The van der Waals surface area contributed by atoms with E-state index >= 15 is 0 Å². The molecule has 1 unspecified atom stereocenters. The smallest absolute Gasteiger partial charge is 0.377 e. The van der Waals surface area contributed by atoms with Crippen LogP contribution < -0.4 is 0 Å². The van der Waals surface area contributed by atoms with E-state index in [9.17, 15) is 9.18 Å². The maximum atomic E-state index is 12.7. The Labute approximate surface area is 109 Å². The van der Waals surface area contributed by atoms with Crippen LogP contribution in [-0.2, 0) is 14.5 Å².